The third kappa shape index (κ3) is 7.77. The maximum Gasteiger partial charge on any atom is 0.240 e. The minimum Gasteiger partial charge on any atom is -0.497 e. The number of morpholine rings is 1. The van der Waals surface area contributed by atoms with E-state index in [2.05, 4.69) is 34.5 Å². The number of ether oxygens (including phenoxy) is 2. The van der Waals surface area contributed by atoms with Gasteiger partial charge in [0.15, 0.2) is 0 Å². The second-order valence-electron chi connectivity index (χ2n) is 9.72. The van der Waals surface area contributed by atoms with Gasteiger partial charge >= 0.3 is 0 Å². The summed E-state index contributed by atoms with van der Waals surface area (Å²) >= 11 is 12.6. The second kappa shape index (κ2) is 13.8. The number of hydrogen-bond acceptors (Lipinski definition) is 5. The number of amides is 1. The molecule has 5 rings (SSSR count). The predicted molar refractivity (Wildman–Crippen MR) is 165 cm³/mol. The van der Waals surface area contributed by atoms with E-state index in [4.69, 9.17) is 37.7 Å². The van der Waals surface area contributed by atoms with Crippen molar-refractivity contribution < 1.29 is 14.3 Å². The van der Waals surface area contributed by atoms with Crippen LogP contribution in [0.25, 0.3) is 34.5 Å². The zero-order chi connectivity index (χ0) is 28.6. The molecule has 1 saturated heterocycles. The number of hydrogen-bond donors (Lipinski definition) is 1. The first-order valence-corrected chi connectivity index (χ1v) is 14.3. The SMILES string of the molecule is COc1ccc(-c2ccc(C=Cc3nc(-c4ccc(Cl)cc4Cl)cn3CC(=O)NCCN3CCOCC3)cc2)cc1. The fraction of sp³-hybridized carbons (Fsp3) is 0.250. The van der Waals surface area contributed by atoms with Crippen molar-refractivity contribution in [3.05, 3.63) is 94.4 Å². The van der Waals surface area contributed by atoms with Gasteiger partial charge in [-0.05, 0) is 53.1 Å². The number of halogens is 2. The van der Waals surface area contributed by atoms with Crippen LogP contribution in [-0.2, 0) is 16.1 Å². The van der Waals surface area contributed by atoms with Crippen molar-refractivity contribution in [3.8, 4) is 28.1 Å². The highest BCUT2D eigenvalue weighted by molar-refractivity contribution is 6.36. The molecule has 9 heteroatoms. The van der Waals surface area contributed by atoms with Gasteiger partial charge in [0.25, 0.3) is 0 Å². The van der Waals surface area contributed by atoms with Gasteiger partial charge in [-0.15, -0.1) is 0 Å². The minimum absolute atomic E-state index is 0.0806. The molecule has 4 aromatic rings. The lowest BCUT2D eigenvalue weighted by Gasteiger charge is -2.26. The molecule has 1 aromatic heterocycles. The molecular formula is C32H32Cl2N4O3. The Hall–Kier alpha value is -3.62. The number of carbonyl (C=O) groups is 1. The van der Waals surface area contributed by atoms with E-state index in [0.717, 1.165) is 60.9 Å². The minimum atomic E-state index is -0.0806. The van der Waals surface area contributed by atoms with E-state index in [1.54, 1.807) is 19.2 Å². The van der Waals surface area contributed by atoms with E-state index in [9.17, 15) is 4.79 Å². The molecular weight excluding hydrogens is 559 g/mol. The van der Waals surface area contributed by atoms with Crippen LogP contribution in [0.3, 0.4) is 0 Å². The summed E-state index contributed by atoms with van der Waals surface area (Å²) < 4.78 is 12.5. The summed E-state index contributed by atoms with van der Waals surface area (Å²) in [6.07, 6.45) is 5.75. The Morgan fingerprint density at radius 2 is 1.71 bits per heavy atom. The number of rotatable bonds is 10. The standard InChI is InChI=1S/C32H32Cl2N4O3/c1-40-27-10-7-25(8-11-27)24-5-2-23(3-6-24)4-13-31-36-30(28-12-9-26(33)20-29(28)34)21-38(31)22-32(39)35-14-15-37-16-18-41-19-17-37/h2-13,20-21H,14-19,22H2,1H3,(H,35,39). The Labute approximate surface area is 250 Å². The first-order valence-electron chi connectivity index (χ1n) is 13.5. The summed E-state index contributed by atoms with van der Waals surface area (Å²) in [5.74, 6) is 1.39. The van der Waals surface area contributed by atoms with Gasteiger partial charge in [0.05, 0.1) is 31.0 Å². The van der Waals surface area contributed by atoms with Crippen molar-refractivity contribution in [2.75, 3.05) is 46.5 Å². The molecule has 41 heavy (non-hydrogen) atoms. The summed E-state index contributed by atoms with van der Waals surface area (Å²) in [6.45, 7) is 4.76. The van der Waals surface area contributed by atoms with Crippen LogP contribution in [0.1, 0.15) is 11.4 Å². The Balaban J connectivity index is 1.32. The Morgan fingerprint density at radius 3 is 2.39 bits per heavy atom. The van der Waals surface area contributed by atoms with Gasteiger partial charge in [-0.25, -0.2) is 4.98 Å². The van der Waals surface area contributed by atoms with E-state index >= 15 is 0 Å². The summed E-state index contributed by atoms with van der Waals surface area (Å²) in [6, 6.07) is 21.5. The van der Waals surface area contributed by atoms with Gasteiger partial charge in [-0.3, -0.25) is 9.69 Å². The highest BCUT2D eigenvalue weighted by Gasteiger charge is 2.15. The molecule has 2 heterocycles. The summed E-state index contributed by atoms with van der Waals surface area (Å²) in [5, 5.41) is 4.08. The Bertz CT molecular complexity index is 1490. The van der Waals surface area contributed by atoms with Crippen molar-refractivity contribution >= 4 is 41.3 Å². The van der Waals surface area contributed by atoms with Gasteiger partial charge in [-0.1, -0.05) is 65.7 Å². The Morgan fingerprint density at radius 1 is 1.00 bits per heavy atom. The zero-order valence-corrected chi connectivity index (χ0v) is 24.4. The average Bonchev–Trinajstić information content (AvgIpc) is 3.38. The third-order valence-electron chi connectivity index (χ3n) is 6.94. The molecule has 7 nitrogen and oxygen atoms in total. The average molecular weight is 592 g/mol. The molecule has 0 bridgehead atoms. The normalized spacial score (nSPS) is 13.9. The molecule has 1 aliphatic heterocycles. The lowest BCUT2D eigenvalue weighted by atomic mass is 10.0. The van der Waals surface area contributed by atoms with Crippen molar-refractivity contribution in [1.29, 1.82) is 0 Å². The number of aromatic nitrogens is 2. The quantitative estimate of drug-likeness (QED) is 0.240. The van der Waals surface area contributed by atoms with Crippen LogP contribution >= 0.6 is 23.2 Å². The number of carbonyl (C=O) groups excluding carboxylic acids is 1. The Kier molecular flexibility index (Phi) is 9.75. The number of benzene rings is 3. The summed E-state index contributed by atoms with van der Waals surface area (Å²) in [4.78, 5) is 20.0. The maximum absolute atomic E-state index is 12.9. The highest BCUT2D eigenvalue weighted by atomic mass is 35.5. The zero-order valence-electron chi connectivity index (χ0n) is 22.9. The largest absolute Gasteiger partial charge is 0.497 e. The van der Waals surface area contributed by atoms with Crippen LogP contribution in [0.4, 0.5) is 0 Å². The first kappa shape index (κ1) is 28.9. The van der Waals surface area contributed by atoms with Crippen molar-refractivity contribution in [2.24, 2.45) is 0 Å². The van der Waals surface area contributed by atoms with Crippen LogP contribution in [0.15, 0.2) is 72.9 Å². The first-order chi connectivity index (χ1) is 20.0. The molecule has 0 saturated carbocycles. The van der Waals surface area contributed by atoms with Crippen molar-refractivity contribution in [2.45, 2.75) is 6.54 Å². The van der Waals surface area contributed by atoms with Crippen molar-refractivity contribution in [3.63, 3.8) is 0 Å². The molecule has 0 spiro atoms. The molecule has 0 aliphatic carbocycles. The van der Waals surface area contributed by atoms with Crippen LogP contribution in [0, 0.1) is 0 Å². The fourth-order valence-corrected chi connectivity index (χ4v) is 5.15. The predicted octanol–water partition coefficient (Wildman–Crippen LogP) is 6.15. The number of nitrogens with zero attached hydrogens (tertiary/aromatic N) is 3. The lowest BCUT2D eigenvalue weighted by molar-refractivity contribution is -0.121. The number of nitrogens with one attached hydrogen (secondary N) is 1. The molecule has 3 aromatic carbocycles. The molecule has 0 radical (unpaired) electrons. The molecule has 1 N–H and O–H groups in total. The van der Waals surface area contributed by atoms with E-state index in [1.165, 1.54) is 0 Å². The number of methoxy groups -OCH3 is 1. The molecule has 1 aliphatic rings. The van der Waals surface area contributed by atoms with Crippen LogP contribution in [-0.4, -0.2) is 66.9 Å². The molecule has 0 atom stereocenters. The van der Waals surface area contributed by atoms with E-state index in [-0.39, 0.29) is 12.5 Å². The smallest absolute Gasteiger partial charge is 0.240 e. The summed E-state index contributed by atoms with van der Waals surface area (Å²) in [5.41, 5.74) is 4.65. The van der Waals surface area contributed by atoms with E-state index in [1.807, 2.05) is 53.2 Å². The van der Waals surface area contributed by atoms with Gasteiger partial charge in [-0.2, -0.15) is 0 Å². The molecule has 1 amide bonds. The maximum atomic E-state index is 12.9. The molecule has 0 unspecified atom stereocenters. The fourth-order valence-electron chi connectivity index (χ4n) is 4.65. The lowest BCUT2D eigenvalue weighted by Crippen LogP contribution is -2.41. The topological polar surface area (TPSA) is 68.6 Å². The van der Waals surface area contributed by atoms with E-state index < -0.39 is 0 Å². The van der Waals surface area contributed by atoms with Crippen LogP contribution in [0.5, 0.6) is 5.75 Å². The molecule has 1 fully saturated rings. The number of imidazole rings is 1. The third-order valence-corrected chi connectivity index (χ3v) is 7.49. The van der Waals surface area contributed by atoms with Crippen molar-refractivity contribution in [1.82, 2.24) is 19.8 Å². The highest BCUT2D eigenvalue weighted by Crippen LogP contribution is 2.30. The van der Waals surface area contributed by atoms with E-state index in [0.29, 0.717) is 28.1 Å². The van der Waals surface area contributed by atoms with Gasteiger partial charge in [0, 0.05) is 43.0 Å². The van der Waals surface area contributed by atoms with Crippen LogP contribution in [0.2, 0.25) is 10.0 Å². The van der Waals surface area contributed by atoms with Crippen LogP contribution < -0.4 is 10.1 Å². The summed E-state index contributed by atoms with van der Waals surface area (Å²) in [7, 11) is 1.66. The van der Waals surface area contributed by atoms with Gasteiger partial charge in [0.1, 0.15) is 18.1 Å². The van der Waals surface area contributed by atoms with Gasteiger partial charge < -0.3 is 19.4 Å². The molecule has 212 valence electrons. The monoisotopic (exact) mass is 590 g/mol. The van der Waals surface area contributed by atoms with Gasteiger partial charge in [0.2, 0.25) is 5.91 Å². The second-order valence-corrected chi connectivity index (χ2v) is 10.6.